The summed E-state index contributed by atoms with van der Waals surface area (Å²) in [6.07, 6.45) is 2.77. The lowest BCUT2D eigenvalue weighted by molar-refractivity contribution is -0.116. The highest BCUT2D eigenvalue weighted by molar-refractivity contribution is 9.10. The molecular formula is C13H20BrN3O. The molecule has 1 atom stereocenters. The molecule has 0 radical (unpaired) electrons. The molecule has 18 heavy (non-hydrogen) atoms. The number of nitrogens with one attached hydrogen (secondary N) is 1. The minimum absolute atomic E-state index is 0.0958. The second-order valence-electron chi connectivity index (χ2n) is 5.64. The molecule has 0 fully saturated rings. The number of hydrogen-bond donors (Lipinski definition) is 2. The average Bonchev–Trinajstić information content (AvgIpc) is 2.18. The maximum Gasteiger partial charge on any atom is 0.227 e. The van der Waals surface area contributed by atoms with E-state index < -0.39 is 0 Å². The summed E-state index contributed by atoms with van der Waals surface area (Å²) in [6, 6.07) is 3.45. The molecule has 0 aliphatic rings. The van der Waals surface area contributed by atoms with Gasteiger partial charge in [-0.15, -0.1) is 0 Å². The minimum Gasteiger partial charge on any atom is -0.327 e. The number of carbonyl (C=O) groups excluding carboxylic acids is 1. The zero-order valence-electron chi connectivity index (χ0n) is 11.0. The van der Waals surface area contributed by atoms with Crippen molar-refractivity contribution in [2.24, 2.45) is 11.1 Å². The van der Waals surface area contributed by atoms with Gasteiger partial charge in [-0.25, -0.2) is 4.98 Å². The Bertz CT molecular complexity index is 398. The van der Waals surface area contributed by atoms with Crippen molar-refractivity contribution in [3.05, 3.63) is 22.8 Å². The van der Waals surface area contributed by atoms with Crippen molar-refractivity contribution in [3.63, 3.8) is 0 Å². The van der Waals surface area contributed by atoms with Gasteiger partial charge >= 0.3 is 0 Å². The lowest BCUT2D eigenvalue weighted by Crippen LogP contribution is -2.31. The normalized spacial score (nSPS) is 13.2. The molecule has 0 aromatic carbocycles. The van der Waals surface area contributed by atoms with Crippen LogP contribution in [0, 0.1) is 5.41 Å². The van der Waals surface area contributed by atoms with Crippen LogP contribution in [-0.4, -0.2) is 16.9 Å². The first-order valence-electron chi connectivity index (χ1n) is 5.93. The number of rotatable bonds is 4. The molecule has 0 bridgehead atoms. The summed E-state index contributed by atoms with van der Waals surface area (Å²) in [6.45, 7) is 6.34. The van der Waals surface area contributed by atoms with Gasteiger partial charge in [0, 0.05) is 23.1 Å². The fourth-order valence-corrected chi connectivity index (χ4v) is 1.98. The first-order chi connectivity index (χ1) is 8.26. The van der Waals surface area contributed by atoms with Gasteiger partial charge in [0.05, 0.1) is 0 Å². The van der Waals surface area contributed by atoms with E-state index in [0.717, 1.165) is 10.9 Å². The number of aromatic nitrogens is 1. The number of nitrogens with two attached hydrogens (primary N) is 1. The van der Waals surface area contributed by atoms with Crippen molar-refractivity contribution in [2.45, 2.75) is 39.7 Å². The molecule has 1 rings (SSSR count). The number of anilines is 1. The summed E-state index contributed by atoms with van der Waals surface area (Å²) in [7, 11) is 0. The summed E-state index contributed by atoms with van der Waals surface area (Å²) in [5, 5.41) is 2.73. The Morgan fingerprint density at radius 1 is 1.50 bits per heavy atom. The van der Waals surface area contributed by atoms with Crippen LogP contribution in [0.2, 0.25) is 0 Å². The van der Waals surface area contributed by atoms with E-state index in [1.807, 2.05) is 6.07 Å². The maximum atomic E-state index is 11.8. The number of amides is 1. The van der Waals surface area contributed by atoms with Crippen LogP contribution in [0.3, 0.4) is 0 Å². The molecule has 0 aliphatic heterocycles. The predicted octanol–water partition coefficient (Wildman–Crippen LogP) is 2.94. The van der Waals surface area contributed by atoms with E-state index in [9.17, 15) is 4.79 Å². The molecule has 1 aromatic heterocycles. The van der Waals surface area contributed by atoms with Crippen molar-refractivity contribution in [1.82, 2.24) is 4.98 Å². The third-order valence-corrected chi connectivity index (χ3v) is 2.79. The largest absolute Gasteiger partial charge is 0.327 e. The summed E-state index contributed by atoms with van der Waals surface area (Å²) in [4.78, 5) is 15.8. The lowest BCUT2D eigenvalue weighted by atomic mass is 9.87. The van der Waals surface area contributed by atoms with Crippen molar-refractivity contribution < 1.29 is 4.79 Å². The van der Waals surface area contributed by atoms with Crippen LogP contribution < -0.4 is 11.1 Å². The summed E-state index contributed by atoms with van der Waals surface area (Å²) < 4.78 is 0.880. The standard InChI is InChI=1S/C13H20BrN3O/c1-13(2,3)7-10(15)6-12(18)17-11-5-4-9(14)8-16-11/h4-5,8,10H,6-7,15H2,1-3H3,(H,16,17,18). The highest BCUT2D eigenvalue weighted by atomic mass is 79.9. The van der Waals surface area contributed by atoms with Gasteiger partial charge in [0.25, 0.3) is 0 Å². The molecule has 1 aromatic rings. The van der Waals surface area contributed by atoms with Crippen LogP contribution in [-0.2, 0) is 4.79 Å². The minimum atomic E-state index is -0.125. The van der Waals surface area contributed by atoms with E-state index >= 15 is 0 Å². The first kappa shape index (κ1) is 15.1. The van der Waals surface area contributed by atoms with E-state index in [4.69, 9.17) is 5.73 Å². The Hall–Kier alpha value is -0.940. The average molecular weight is 314 g/mol. The van der Waals surface area contributed by atoms with Gasteiger partial charge in [0.1, 0.15) is 5.82 Å². The van der Waals surface area contributed by atoms with E-state index in [1.54, 1.807) is 12.3 Å². The van der Waals surface area contributed by atoms with Crippen molar-refractivity contribution >= 4 is 27.7 Å². The predicted molar refractivity (Wildman–Crippen MR) is 77.2 cm³/mol. The number of nitrogens with zero attached hydrogens (tertiary/aromatic N) is 1. The van der Waals surface area contributed by atoms with Crippen LogP contribution >= 0.6 is 15.9 Å². The van der Waals surface area contributed by atoms with Crippen LogP contribution in [0.4, 0.5) is 5.82 Å². The number of carbonyl (C=O) groups is 1. The fourth-order valence-electron chi connectivity index (χ4n) is 1.74. The second kappa shape index (κ2) is 6.29. The smallest absolute Gasteiger partial charge is 0.227 e. The molecular weight excluding hydrogens is 294 g/mol. The quantitative estimate of drug-likeness (QED) is 0.898. The zero-order chi connectivity index (χ0) is 13.8. The monoisotopic (exact) mass is 313 g/mol. The van der Waals surface area contributed by atoms with E-state index in [1.165, 1.54) is 0 Å². The third-order valence-electron chi connectivity index (χ3n) is 2.32. The van der Waals surface area contributed by atoms with Crippen molar-refractivity contribution in [2.75, 3.05) is 5.32 Å². The van der Waals surface area contributed by atoms with E-state index in [2.05, 4.69) is 47.0 Å². The second-order valence-corrected chi connectivity index (χ2v) is 6.55. The van der Waals surface area contributed by atoms with E-state index in [-0.39, 0.29) is 17.4 Å². The fraction of sp³-hybridized carbons (Fsp3) is 0.538. The maximum absolute atomic E-state index is 11.8. The number of pyridine rings is 1. The summed E-state index contributed by atoms with van der Waals surface area (Å²) in [5.41, 5.74) is 6.08. The first-order valence-corrected chi connectivity index (χ1v) is 6.72. The van der Waals surface area contributed by atoms with Crippen LogP contribution in [0.5, 0.6) is 0 Å². The highest BCUT2D eigenvalue weighted by Gasteiger charge is 2.18. The number of halogens is 1. The molecule has 100 valence electrons. The molecule has 1 amide bonds. The molecule has 1 unspecified atom stereocenters. The molecule has 0 saturated heterocycles. The molecule has 4 nitrogen and oxygen atoms in total. The van der Waals surface area contributed by atoms with Gasteiger partial charge < -0.3 is 11.1 Å². The Morgan fingerprint density at radius 2 is 2.17 bits per heavy atom. The van der Waals surface area contributed by atoms with Crippen molar-refractivity contribution in [1.29, 1.82) is 0 Å². The molecule has 1 heterocycles. The molecule has 0 saturated carbocycles. The van der Waals surface area contributed by atoms with Gasteiger partial charge in [-0.3, -0.25) is 4.79 Å². The molecule has 5 heteroatoms. The molecule has 0 aliphatic carbocycles. The van der Waals surface area contributed by atoms with Crippen molar-refractivity contribution in [3.8, 4) is 0 Å². The Labute approximate surface area is 116 Å². The Morgan fingerprint density at radius 3 is 2.67 bits per heavy atom. The van der Waals surface area contributed by atoms with Gasteiger partial charge in [-0.05, 0) is 39.9 Å². The van der Waals surface area contributed by atoms with Gasteiger partial charge in [-0.2, -0.15) is 0 Å². The summed E-state index contributed by atoms with van der Waals surface area (Å²) in [5.74, 6) is 0.452. The zero-order valence-corrected chi connectivity index (χ0v) is 12.6. The lowest BCUT2D eigenvalue weighted by Gasteiger charge is -2.22. The topological polar surface area (TPSA) is 68.0 Å². The van der Waals surface area contributed by atoms with Crippen LogP contribution in [0.15, 0.2) is 22.8 Å². The highest BCUT2D eigenvalue weighted by Crippen LogP contribution is 2.21. The van der Waals surface area contributed by atoms with Crippen LogP contribution in [0.1, 0.15) is 33.6 Å². The van der Waals surface area contributed by atoms with Gasteiger partial charge in [-0.1, -0.05) is 20.8 Å². The number of hydrogen-bond acceptors (Lipinski definition) is 3. The molecule has 0 spiro atoms. The van der Waals surface area contributed by atoms with E-state index in [0.29, 0.717) is 12.2 Å². The Kier molecular flexibility index (Phi) is 5.28. The van der Waals surface area contributed by atoms with Gasteiger partial charge in [0.15, 0.2) is 0 Å². The summed E-state index contributed by atoms with van der Waals surface area (Å²) >= 11 is 3.29. The molecule has 3 N–H and O–H groups in total. The third kappa shape index (κ3) is 6.12. The SMILES string of the molecule is CC(C)(C)CC(N)CC(=O)Nc1ccc(Br)cn1. The van der Waals surface area contributed by atoms with Crippen LogP contribution in [0.25, 0.3) is 0 Å². The Balaban J connectivity index is 2.44. The van der Waals surface area contributed by atoms with Gasteiger partial charge in [0.2, 0.25) is 5.91 Å².